The molecule has 0 aromatic heterocycles. The molecule has 0 atom stereocenters. The lowest BCUT2D eigenvalue weighted by Crippen LogP contribution is -2.42. The monoisotopic (exact) mass is 424 g/mol. The average Bonchev–Trinajstić information content (AvgIpc) is 3.22. The Balaban J connectivity index is 1.51. The van der Waals surface area contributed by atoms with E-state index in [-0.39, 0.29) is 25.0 Å². The number of carbonyl (C=O) groups excluding carboxylic acids is 2. The van der Waals surface area contributed by atoms with Gasteiger partial charge in [-0.05, 0) is 42.7 Å². The summed E-state index contributed by atoms with van der Waals surface area (Å²) < 4.78 is 5.59. The van der Waals surface area contributed by atoms with Crippen LogP contribution in [-0.2, 0) is 15.0 Å². The summed E-state index contributed by atoms with van der Waals surface area (Å²) in [4.78, 5) is 24.1. The Labute approximate surface area is 182 Å². The van der Waals surface area contributed by atoms with Crippen LogP contribution in [0.2, 0.25) is 5.02 Å². The summed E-state index contributed by atoms with van der Waals surface area (Å²) in [5.74, 6) is 6.34. The molecule has 0 spiro atoms. The van der Waals surface area contributed by atoms with Gasteiger partial charge in [-0.2, -0.15) is 0 Å². The lowest BCUT2D eigenvalue weighted by atomic mass is 9.78. The van der Waals surface area contributed by atoms with Gasteiger partial charge in [-0.3, -0.25) is 9.59 Å². The molecule has 0 bridgehead atoms. The molecular formula is C24H25ClN2O3. The first kappa shape index (κ1) is 21.7. The van der Waals surface area contributed by atoms with Gasteiger partial charge in [0.15, 0.2) is 0 Å². The van der Waals surface area contributed by atoms with Gasteiger partial charge in [0.2, 0.25) is 11.8 Å². The summed E-state index contributed by atoms with van der Waals surface area (Å²) >= 11 is 6.00. The minimum Gasteiger partial charge on any atom is -0.481 e. The molecular weight excluding hydrogens is 400 g/mol. The van der Waals surface area contributed by atoms with Crippen LogP contribution in [0.3, 0.4) is 0 Å². The van der Waals surface area contributed by atoms with E-state index in [2.05, 4.69) is 22.5 Å². The van der Waals surface area contributed by atoms with E-state index in [1.165, 1.54) is 6.92 Å². The summed E-state index contributed by atoms with van der Waals surface area (Å²) in [6.45, 7) is 1.92. The van der Waals surface area contributed by atoms with Crippen LogP contribution in [-0.4, -0.2) is 25.0 Å². The number of ether oxygens (including phenoxy) is 1. The van der Waals surface area contributed by atoms with E-state index < -0.39 is 5.41 Å². The van der Waals surface area contributed by atoms with Crippen molar-refractivity contribution in [3.63, 3.8) is 0 Å². The van der Waals surface area contributed by atoms with Crippen LogP contribution in [0.15, 0.2) is 48.5 Å². The number of rotatable bonds is 6. The van der Waals surface area contributed by atoms with Gasteiger partial charge in [0.1, 0.15) is 12.4 Å². The Morgan fingerprint density at radius 1 is 1.10 bits per heavy atom. The Bertz CT molecular complexity index is 954. The van der Waals surface area contributed by atoms with Crippen LogP contribution in [0, 0.1) is 11.8 Å². The number of carbonyl (C=O) groups is 2. The van der Waals surface area contributed by atoms with Crippen LogP contribution >= 0.6 is 11.6 Å². The molecule has 1 aliphatic rings. The molecule has 1 saturated carbocycles. The lowest BCUT2D eigenvalue weighted by Gasteiger charge is -2.28. The predicted molar refractivity (Wildman–Crippen MR) is 119 cm³/mol. The van der Waals surface area contributed by atoms with Crippen LogP contribution < -0.4 is 15.4 Å². The molecule has 2 amide bonds. The fourth-order valence-corrected chi connectivity index (χ4v) is 3.91. The second-order valence-corrected chi connectivity index (χ2v) is 7.77. The van der Waals surface area contributed by atoms with Gasteiger partial charge in [-0.1, -0.05) is 54.5 Å². The van der Waals surface area contributed by atoms with Crippen molar-refractivity contribution in [2.24, 2.45) is 0 Å². The van der Waals surface area contributed by atoms with Crippen molar-refractivity contribution in [2.75, 3.05) is 18.5 Å². The Kier molecular flexibility index (Phi) is 7.37. The molecule has 2 aromatic rings. The minimum atomic E-state index is -0.493. The second kappa shape index (κ2) is 10.2. The fraction of sp³-hybridized carbons (Fsp3) is 0.333. The second-order valence-electron chi connectivity index (χ2n) is 7.33. The molecule has 0 radical (unpaired) electrons. The Morgan fingerprint density at radius 3 is 2.53 bits per heavy atom. The average molecular weight is 425 g/mol. The third kappa shape index (κ3) is 5.55. The summed E-state index contributed by atoms with van der Waals surface area (Å²) in [6.07, 6.45) is 3.74. The molecule has 2 aromatic carbocycles. The lowest BCUT2D eigenvalue weighted by molar-refractivity contribution is -0.126. The molecule has 5 nitrogen and oxygen atoms in total. The highest BCUT2D eigenvalue weighted by Crippen LogP contribution is 2.41. The van der Waals surface area contributed by atoms with E-state index in [0.717, 1.165) is 31.2 Å². The van der Waals surface area contributed by atoms with Crippen molar-refractivity contribution in [1.29, 1.82) is 0 Å². The topological polar surface area (TPSA) is 67.4 Å². The molecule has 156 valence electrons. The number of nitrogens with one attached hydrogen (secondary N) is 2. The summed E-state index contributed by atoms with van der Waals surface area (Å²) in [5.41, 5.74) is 1.19. The van der Waals surface area contributed by atoms with E-state index in [1.54, 1.807) is 24.3 Å². The quantitative estimate of drug-likeness (QED) is 0.679. The molecule has 0 heterocycles. The summed E-state index contributed by atoms with van der Waals surface area (Å²) in [7, 11) is 0. The highest BCUT2D eigenvalue weighted by Gasteiger charge is 2.42. The van der Waals surface area contributed by atoms with Crippen molar-refractivity contribution in [3.05, 3.63) is 59.1 Å². The van der Waals surface area contributed by atoms with Gasteiger partial charge < -0.3 is 15.4 Å². The Hall–Kier alpha value is -2.97. The summed E-state index contributed by atoms with van der Waals surface area (Å²) in [6, 6.07) is 14.7. The molecule has 3 rings (SSSR count). The minimum absolute atomic E-state index is 0.0144. The van der Waals surface area contributed by atoms with Gasteiger partial charge in [0, 0.05) is 23.7 Å². The first-order chi connectivity index (χ1) is 14.5. The first-order valence-electron chi connectivity index (χ1n) is 10.0. The van der Waals surface area contributed by atoms with E-state index in [4.69, 9.17) is 16.3 Å². The number of amides is 2. The molecule has 30 heavy (non-hydrogen) atoms. The third-order valence-corrected chi connectivity index (χ3v) is 5.47. The molecule has 1 aliphatic carbocycles. The molecule has 0 unspecified atom stereocenters. The maximum absolute atomic E-state index is 13.0. The highest BCUT2D eigenvalue weighted by molar-refractivity contribution is 6.30. The fourth-order valence-electron chi connectivity index (χ4n) is 3.79. The Morgan fingerprint density at radius 2 is 1.83 bits per heavy atom. The SMILES string of the molecule is CC(=O)Nc1cccc(OCC#CCNC(=O)C2(c3ccc(Cl)cc3)CCCC2)c1. The molecule has 0 aliphatic heterocycles. The van der Waals surface area contributed by atoms with E-state index in [9.17, 15) is 9.59 Å². The van der Waals surface area contributed by atoms with Crippen LogP contribution in [0.1, 0.15) is 38.2 Å². The maximum Gasteiger partial charge on any atom is 0.231 e. The zero-order valence-electron chi connectivity index (χ0n) is 17.0. The number of benzene rings is 2. The van der Waals surface area contributed by atoms with Crippen molar-refractivity contribution in [3.8, 4) is 17.6 Å². The van der Waals surface area contributed by atoms with Crippen molar-refractivity contribution < 1.29 is 14.3 Å². The van der Waals surface area contributed by atoms with Crippen molar-refractivity contribution in [1.82, 2.24) is 5.32 Å². The first-order valence-corrected chi connectivity index (χ1v) is 10.4. The number of halogens is 1. The normalized spacial score (nSPS) is 14.3. The van der Waals surface area contributed by atoms with Gasteiger partial charge >= 0.3 is 0 Å². The van der Waals surface area contributed by atoms with E-state index >= 15 is 0 Å². The number of hydrogen-bond acceptors (Lipinski definition) is 3. The van der Waals surface area contributed by atoms with Crippen LogP contribution in [0.25, 0.3) is 0 Å². The highest BCUT2D eigenvalue weighted by atomic mass is 35.5. The van der Waals surface area contributed by atoms with Crippen LogP contribution in [0.5, 0.6) is 5.75 Å². The van der Waals surface area contributed by atoms with Gasteiger partial charge in [0.25, 0.3) is 0 Å². The van der Waals surface area contributed by atoms with E-state index in [1.807, 2.05) is 24.3 Å². The van der Waals surface area contributed by atoms with Crippen molar-refractivity contribution in [2.45, 2.75) is 38.0 Å². The van der Waals surface area contributed by atoms with Crippen molar-refractivity contribution >= 4 is 29.1 Å². The van der Waals surface area contributed by atoms with E-state index in [0.29, 0.717) is 16.5 Å². The predicted octanol–water partition coefficient (Wildman–Crippen LogP) is 4.31. The standard InChI is InChI=1S/C24H25ClN2O3/c1-18(28)27-21-7-6-8-22(17-21)30-16-5-4-15-26-23(29)24(13-2-3-14-24)19-9-11-20(25)12-10-19/h6-12,17H,2-3,13-16H2,1H3,(H,26,29)(H,27,28). The molecule has 2 N–H and O–H groups in total. The van der Waals surface area contributed by atoms with Gasteiger partial charge in [-0.15, -0.1) is 0 Å². The number of hydrogen-bond donors (Lipinski definition) is 2. The smallest absolute Gasteiger partial charge is 0.231 e. The van der Waals surface area contributed by atoms with Crippen LogP contribution in [0.4, 0.5) is 5.69 Å². The largest absolute Gasteiger partial charge is 0.481 e. The zero-order chi connectivity index (χ0) is 21.4. The summed E-state index contributed by atoms with van der Waals surface area (Å²) in [5, 5.41) is 6.33. The molecule has 6 heteroatoms. The molecule has 0 saturated heterocycles. The number of anilines is 1. The molecule has 1 fully saturated rings. The van der Waals surface area contributed by atoms with Gasteiger partial charge in [0.05, 0.1) is 12.0 Å². The third-order valence-electron chi connectivity index (χ3n) is 5.22. The van der Waals surface area contributed by atoms with Gasteiger partial charge in [-0.25, -0.2) is 0 Å². The maximum atomic E-state index is 13.0. The zero-order valence-corrected chi connectivity index (χ0v) is 17.7.